The highest BCUT2D eigenvalue weighted by Crippen LogP contribution is 2.76. The van der Waals surface area contributed by atoms with Gasteiger partial charge in [-0.25, -0.2) is 4.39 Å². The first-order valence-electron chi connectivity index (χ1n) is 21.8. The number of carbonyl (C=O) groups is 1. The summed E-state index contributed by atoms with van der Waals surface area (Å²) in [6.07, 6.45) is 20.2. The van der Waals surface area contributed by atoms with Gasteiger partial charge in [-0.2, -0.15) is 8.42 Å². The van der Waals surface area contributed by atoms with Gasteiger partial charge in [-0.1, -0.05) is 58.9 Å². The van der Waals surface area contributed by atoms with Crippen LogP contribution in [0.25, 0.3) is 0 Å². The molecule has 7 aliphatic rings. The van der Waals surface area contributed by atoms with Crippen molar-refractivity contribution in [2.75, 3.05) is 19.5 Å². The number of fused-ring (bicyclic) bond motifs is 7. The summed E-state index contributed by atoms with van der Waals surface area (Å²) in [7, 11) is -3.50. The van der Waals surface area contributed by atoms with E-state index in [2.05, 4.69) is 65.6 Å². The minimum Gasteiger partial charge on any atom is -0.481 e. The van der Waals surface area contributed by atoms with E-state index in [0.29, 0.717) is 74.5 Å². The number of hydrogen-bond donors (Lipinski definition) is 3. The zero-order chi connectivity index (χ0) is 40.0. The van der Waals surface area contributed by atoms with Crippen molar-refractivity contribution in [3.05, 3.63) is 35.5 Å². The van der Waals surface area contributed by atoms with E-state index in [-0.39, 0.29) is 39.7 Å². The highest BCUT2D eigenvalue weighted by molar-refractivity contribution is 7.86. The van der Waals surface area contributed by atoms with Gasteiger partial charge in [0.2, 0.25) is 0 Å². The topological polar surface area (TPSA) is 113 Å². The lowest BCUT2D eigenvalue weighted by atomic mass is 9.33. The van der Waals surface area contributed by atoms with Gasteiger partial charge in [0.15, 0.2) is 0 Å². The number of hydrogen-bond acceptors (Lipinski definition) is 6. The Kier molecular flexibility index (Phi) is 10.6. The minimum absolute atomic E-state index is 0.0387. The van der Waals surface area contributed by atoms with E-state index < -0.39 is 33.8 Å². The van der Waals surface area contributed by atoms with E-state index in [9.17, 15) is 27.8 Å². The number of allylic oxidation sites excluding steroid dienone is 5. The van der Waals surface area contributed by atoms with E-state index in [1.807, 2.05) is 0 Å². The normalized spacial score (nSPS) is 46.6. The summed E-state index contributed by atoms with van der Waals surface area (Å²) >= 11 is 0. The molecule has 55 heavy (non-hydrogen) atoms. The number of nitrogens with one attached hydrogen (secondary N) is 1. The van der Waals surface area contributed by atoms with Gasteiger partial charge in [0.05, 0.1) is 23.4 Å². The molecule has 0 aromatic heterocycles. The molecule has 0 heterocycles. The Balaban J connectivity index is 1.10. The van der Waals surface area contributed by atoms with Gasteiger partial charge in [-0.3, -0.25) is 8.98 Å². The van der Waals surface area contributed by atoms with E-state index >= 15 is 0 Å². The van der Waals surface area contributed by atoms with Crippen LogP contribution >= 0.6 is 0 Å². The van der Waals surface area contributed by atoms with Crippen molar-refractivity contribution in [2.24, 2.45) is 56.7 Å². The zero-order valence-electron chi connectivity index (χ0n) is 35.1. The van der Waals surface area contributed by atoms with Crippen LogP contribution in [0.2, 0.25) is 0 Å². The maximum Gasteiger partial charge on any atom is 0.312 e. The van der Waals surface area contributed by atoms with Gasteiger partial charge in [0.25, 0.3) is 10.1 Å². The molecule has 0 bridgehead atoms. The largest absolute Gasteiger partial charge is 0.481 e. The van der Waals surface area contributed by atoms with Crippen molar-refractivity contribution in [3.63, 3.8) is 0 Å². The third kappa shape index (κ3) is 6.67. The lowest BCUT2D eigenvalue weighted by Gasteiger charge is -2.72. The Morgan fingerprint density at radius 3 is 2.22 bits per heavy atom. The van der Waals surface area contributed by atoms with Crippen molar-refractivity contribution >= 4 is 16.1 Å². The van der Waals surface area contributed by atoms with Gasteiger partial charge >= 0.3 is 5.97 Å². The molecule has 7 aliphatic carbocycles. The van der Waals surface area contributed by atoms with Crippen molar-refractivity contribution in [3.8, 4) is 0 Å². The summed E-state index contributed by atoms with van der Waals surface area (Å²) < 4.78 is 42.6. The summed E-state index contributed by atoms with van der Waals surface area (Å²) in [4.78, 5) is 12.0. The maximum absolute atomic E-state index is 14.0. The van der Waals surface area contributed by atoms with Crippen LogP contribution in [-0.4, -0.2) is 61.3 Å². The number of carboxylic acid groups (broad SMARTS) is 1. The first kappa shape index (κ1) is 41.6. The first-order valence-corrected chi connectivity index (χ1v) is 23.6. The maximum atomic E-state index is 14.0. The summed E-state index contributed by atoms with van der Waals surface area (Å²) in [5.74, 6) is 1.76. The van der Waals surface area contributed by atoms with Gasteiger partial charge < -0.3 is 15.5 Å². The fraction of sp³-hybridized carbons (Fsp3) is 0.848. The third-order valence-corrected chi connectivity index (χ3v) is 19.2. The molecule has 0 amide bonds. The van der Waals surface area contributed by atoms with Crippen molar-refractivity contribution in [1.29, 1.82) is 0 Å². The molecule has 10 unspecified atom stereocenters. The predicted octanol–water partition coefficient (Wildman–Crippen LogP) is 9.71. The molecule has 3 N–H and O–H groups in total. The number of alkyl halides is 1. The van der Waals surface area contributed by atoms with E-state index in [0.717, 1.165) is 32.1 Å². The van der Waals surface area contributed by atoms with Crippen LogP contribution in [0.3, 0.4) is 0 Å². The zero-order valence-corrected chi connectivity index (χ0v) is 35.9. The van der Waals surface area contributed by atoms with Crippen molar-refractivity contribution in [1.82, 2.24) is 5.32 Å². The van der Waals surface area contributed by atoms with Crippen LogP contribution in [0, 0.1) is 56.7 Å². The highest BCUT2D eigenvalue weighted by Gasteiger charge is 2.70. The van der Waals surface area contributed by atoms with E-state index in [1.165, 1.54) is 55.2 Å². The Labute approximate surface area is 331 Å². The van der Waals surface area contributed by atoms with Gasteiger partial charge in [-0.05, 0) is 185 Å². The first-order chi connectivity index (χ1) is 25.6. The summed E-state index contributed by atoms with van der Waals surface area (Å²) in [6.45, 7) is 19.6. The van der Waals surface area contributed by atoms with Crippen LogP contribution in [-0.2, 0) is 19.1 Å². The molecule has 0 spiro atoms. The van der Waals surface area contributed by atoms with E-state index in [1.54, 1.807) is 0 Å². The molecule has 5 fully saturated rings. The summed E-state index contributed by atoms with van der Waals surface area (Å²) in [5, 5.41) is 25.6. The fourth-order valence-electron chi connectivity index (χ4n) is 15.4. The molecule has 0 aliphatic heterocycles. The fourth-order valence-corrected chi connectivity index (χ4v) is 16.1. The lowest BCUT2D eigenvalue weighted by molar-refractivity contribution is -0.221. The SMILES string of the molecule is C=C(C)C1CCC2(NCCC3(O)CCC(OS(C)(=O)=O)CC3)CCC3(C)C(CCC4C5(C)CC=C(C6=CCC(CF)(C(=O)O)CC6)C(C)(C)C5CCC43C)C12. The van der Waals surface area contributed by atoms with Gasteiger partial charge in [0, 0.05) is 5.54 Å². The molecule has 7 nitrogen and oxygen atoms in total. The Morgan fingerprint density at radius 1 is 0.909 bits per heavy atom. The average molecular weight is 786 g/mol. The molecular weight excluding hydrogens is 714 g/mol. The molecule has 0 radical (unpaired) electrons. The van der Waals surface area contributed by atoms with Crippen LogP contribution in [0.15, 0.2) is 35.5 Å². The molecule has 0 aromatic rings. The minimum atomic E-state index is -3.50. The van der Waals surface area contributed by atoms with Crippen LogP contribution in [0.5, 0.6) is 0 Å². The second-order valence-corrected chi connectivity index (χ2v) is 23.0. The number of rotatable bonds is 10. The second-order valence-electron chi connectivity index (χ2n) is 21.4. The molecule has 0 aromatic carbocycles. The second kappa shape index (κ2) is 14.0. The highest BCUT2D eigenvalue weighted by atomic mass is 32.2. The number of halogens is 1. The Hall–Kier alpha value is -1.55. The summed E-state index contributed by atoms with van der Waals surface area (Å²) in [6, 6.07) is 0. The quantitative estimate of drug-likeness (QED) is 0.149. The number of carboxylic acids is 1. The van der Waals surface area contributed by atoms with Gasteiger partial charge in [0.1, 0.15) is 6.67 Å². The number of aliphatic carboxylic acids is 1. The average Bonchev–Trinajstić information content (AvgIpc) is 3.49. The molecule has 7 rings (SSSR count). The van der Waals surface area contributed by atoms with Gasteiger partial charge in [-0.15, -0.1) is 0 Å². The smallest absolute Gasteiger partial charge is 0.312 e. The summed E-state index contributed by atoms with van der Waals surface area (Å²) in [5.41, 5.74) is 2.50. The van der Waals surface area contributed by atoms with Crippen LogP contribution < -0.4 is 5.32 Å². The van der Waals surface area contributed by atoms with Crippen molar-refractivity contribution in [2.45, 2.75) is 168 Å². The Bertz CT molecular complexity index is 1710. The molecule has 5 saturated carbocycles. The molecular formula is C46H72FNO6S. The van der Waals surface area contributed by atoms with E-state index in [4.69, 9.17) is 4.18 Å². The van der Waals surface area contributed by atoms with Crippen molar-refractivity contribution < 1.29 is 32.0 Å². The predicted molar refractivity (Wildman–Crippen MR) is 216 cm³/mol. The lowest BCUT2D eigenvalue weighted by Crippen LogP contribution is -2.68. The van der Waals surface area contributed by atoms with Crippen LogP contribution in [0.4, 0.5) is 4.39 Å². The molecule has 9 heteroatoms. The third-order valence-electron chi connectivity index (χ3n) is 18.6. The monoisotopic (exact) mass is 786 g/mol. The molecule has 310 valence electrons. The Morgan fingerprint density at radius 2 is 1.62 bits per heavy atom. The van der Waals surface area contributed by atoms with Crippen LogP contribution in [0.1, 0.15) is 151 Å². The number of aliphatic hydroxyl groups is 1. The standard InChI is InChI=1S/C46H72FNO6S/c1-30(2)33-15-24-46(48-28-27-45(51)22-13-32(14-23-45)54-55(8,52)53)26-25-42(6)35(38(33)46)9-10-37-41(5)18-16-34(40(3,4)36(41)17-19-43(37,42)7)31-11-20-44(29-47,21-12-31)39(49)50/h11,16,32-33,35-38,48,51H,1,9-10,12-15,17-29H2,2-8H3,(H,49,50). The molecule has 0 saturated heterocycles. The molecule has 10 atom stereocenters.